The second kappa shape index (κ2) is 7.55. The fourth-order valence-electron chi connectivity index (χ4n) is 4.25. The first-order valence-corrected chi connectivity index (χ1v) is 9.30. The number of urea groups is 1. The van der Waals surface area contributed by atoms with Crippen molar-refractivity contribution in [3.8, 4) is 0 Å². The summed E-state index contributed by atoms with van der Waals surface area (Å²) in [6.45, 7) is 2.40. The van der Waals surface area contributed by atoms with Gasteiger partial charge in [-0.2, -0.15) is 5.10 Å². The minimum absolute atomic E-state index is 0.0939. The molecule has 1 N–H and O–H groups in total. The quantitative estimate of drug-likeness (QED) is 0.900. The van der Waals surface area contributed by atoms with Gasteiger partial charge in [-0.1, -0.05) is 19.3 Å². The molecule has 3 rings (SSSR count). The number of nitrogens with zero attached hydrogens (tertiary/aromatic N) is 4. The highest BCUT2D eigenvalue weighted by atomic mass is 16.2. The van der Waals surface area contributed by atoms with E-state index in [1.807, 2.05) is 21.8 Å². The van der Waals surface area contributed by atoms with E-state index in [-0.39, 0.29) is 17.6 Å². The van der Waals surface area contributed by atoms with Gasteiger partial charge in [0.05, 0.1) is 12.6 Å². The van der Waals surface area contributed by atoms with Crippen molar-refractivity contribution < 1.29 is 4.79 Å². The number of nitrogens with one attached hydrogen (secondary N) is 1. The smallest absolute Gasteiger partial charge is 0.317 e. The molecule has 1 aromatic rings. The van der Waals surface area contributed by atoms with Crippen molar-refractivity contribution >= 4 is 6.03 Å². The first-order chi connectivity index (χ1) is 11.6. The Hall–Kier alpha value is -1.56. The normalized spacial score (nSPS) is 23.6. The second-order valence-corrected chi connectivity index (χ2v) is 7.56. The lowest BCUT2D eigenvalue weighted by Crippen LogP contribution is -2.56. The van der Waals surface area contributed by atoms with Gasteiger partial charge in [0.25, 0.3) is 0 Å². The Labute approximate surface area is 145 Å². The molecule has 2 aliphatic rings. The Morgan fingerprint density at radius 2 is 2.08 bits per heavy atom. The van der Waals surface area contributed by atoms with Gasteiger partial charge >= 0.3 is 6.03 Å². The third kappa shape index (κ3) is 3.74. The summed E-state index contributed by atoms with van der Waals surface area (Å²) in [5.74, 6) is 0. The largest absolute Gasteiger partial charge is 0.336 e. The van der Waals surface area contributed by atoms with E-state index in [0.717, 1.165) is 32.5 Å². The lowest BCUT2D eigenvalue weighted by molar-refractivity contribution is 0.0970. The summed E-state index contributed by atoms with van der Waals surface area (Å²) in [5.41, 5.74) is 0.130. The molecular formula is C18H31N5O. The molecule has 1 atom stereocenters. The molecular weight excluding hydrogens is 302 g/mol. The molecule has 2 fully saturated rings. The average Bonchev–Trinajstić information content (AvgIpc) is 3.26. The van der Waals surface area contributed by atoms with Crippen LogP contribution in [-0.4, -0.2) is 64.4 Å². The molecule has 0 radical (unpaired) electrons. The zero-order valence-corrected chi connectivity index (χ0v) is 15.1. The van der Waals surface area contributed by atoms with Crippen LogP contribution in [0.1, 0.15) is 44.9 Å². The number of hydrogen-bond acceptors (Lipinski definition) is 3. The van der Waals surface area contributed by atoms with Crippen LogP contribution < -0.4 is 5.32 Å². The van der Waals surface area contributed by atoms with E-state index in [1.165, 1.54) is 32.1 Å². The van der Waals surface area contributed by atoms with Crippen LogP contribution in [0.2, 0.25) is 0 Å². The fourth-order valence-corrected chi connectivity index (χ4v) is 4.25. The van der Waals surface area contributed by atoms with E-state index in [0.29, 0.717) is 0 Å². The number of hydrogen-bond donors (Lipinski definition) is 1. The van der Waals surface area contributed by atoms with Gasteiger partial charge in [-0.25, -0.2) is 4.79 Å². The molecule has 1 aliphatic carbocycles. The highest BCUT2D eigenvalue weighted by Gasteiger charge is 2.36. The monoisotopic (exact) mass is 333 g/mol. The molecule has 2 heterocycles. The molecule has 1 aliphatic heterocycles. The van der Waals surface area contributed by atoms with Crippen molar-refractivity contribution in [1.29, 1.82) is 0 Å². The van der Waals surface area contributed by atoms with E-state index >= 15 is 0 Å². The molecule has 1 saturated heterocycles. The Kier molecular flexibility index (Phi) is 5.43. The van der Waals surface area contributed by atoms with Crippen LogP contribution in [0.25, 0.3) is 0 Å². The number of aromatic nitrogens is 2. The molecule has 6 nitrogen and oxygen atoms in total. The van der Waals surface area contributed by atoms with Gasteiger partial charge in [-0.05, 0) is 45.8 Å². The Balaban J connectivity index is 1.57. The summed E-state index contributed by atoms with van der Waals surface area (Å²) < 4.78 is 1.93. The first kappa shape index (κ1) is 17.3. The Morgan fingerprint density at radius 1 is 1.29 bits per heavy atom. The fraction of sp³-hybridized carbons (Fsp3) is 0.778. The maximum atomic E-state index is 12.8. The van der Waals surface area contributed by atoms with E-state index in [4.69, 9.17) is 0 Å². The van der Waals surface area contributed by atoms with Crippen molar-refractivity contribution in [2.45, 2.75) is 63.1 Å². The summed E-state index contributed by atoms with van der Waals surface area (Å²) in [6.07, 6.45) is 12.1. The number of carbonyl (C=O) groups excluding carboxylic acids is 1. The lowest BCUT2D eigenvalue weighted by Gasteiger charge is -2.43. The number of likely N-dealkylation sites (N-methyl/N-ethyl adjacent to an activating group) is 1. The van der Waals surface area contributed by atoms with Crippen molar-refractivity contribution in [3.63, 3.8) is 0 Å². The minimum Gasteiger partial charge on any atom is -0.336 e. The van der Waals surface area contributed by atoms with Gasteiger partial charge in [0, 0.05) is 31.0 Å². The standard InChI is InChI=1S/C18H31N5O/c1-21(2)18(9-4-3-5-10-18)15-19-17(24)23-13-6-8-16(23)14-22-12-7-11-20-22/h7,11-12,16H,3-6,8-10,13-15H2,1-2H3,(H,19,24)/t16-/m1/s1. The predicted octanol–water partition coefficient (Wildman–Crippen LogP) is 2.32. The molecule has 1 saturated carbocycles. The summed E-state index contributed by atoms with van der Waals surface area (Å²) in [6, 6.07) is 2.28. The van der Waals surface area contributed by atoms with Crippen LogP contribution in [0.15, 0.2) is 18.5 Å². The molecule has 2 amide bonds. The zero-order chi connectivity index (χ0) is 17.0. The van der Waals surface area contributed by atoms with Gasteiger partial charge in [0.15, 0.2) is 0 Å². The number of rotatable bonds is 5. The third-order valence-corrected chi connectivity index (χ3v) is 5.90. The van der Waals surface area contributed by atoms with Crippen molar-refractivity contribution in [2.75, 3.05) is 27.2 Å². The maximum Gasteiger partial charge on any atom is 0.317 e. The average molecular weight is 333 g/mol. The van der Waals surface area contributed by atoms with Crippen LogP contribution in [0, 0.1) is 0 Å². The molecule has 134 valence electrons. The molecule has 0 unspecified atom stereocenters. The van der Waals surface area contributed by atoms with Crippen LogP contribution in [0.5, 0.6) is 0 Å². The van der Waals surface area contributed by atoms with Crippen molar-refractivity contribution in [3.05, 3.63) is 18.5 Å². The highest BCUT2D eigenvalue weighted by molar-refractivity contribution is 5.75. The van der Waals surface area contributed by atoms with Crippen LogP contribution in [0.3, 0.4) is 0 Å². The van der Waals surface area contributed by atoms with Crippen LogP contribution in [-0.2, 0) is 6.54 Å². The molecule has 6 heteroatoms. The summed E-state index contributed by atoms with van der Waals surface area (Å²) in [5, 5.41) is 7.52. The number of carbonyl (C=O) groups is 1. The lowest BCUT2D eigenvalue weighted by atomic mass is 9.80. The second-order valence-electron chi connectivity index (χ2n) is 7.56. The van der Waals surface area contributed by atoms with Gasteiger partial charge in [-0.3, -0.25) is 4.68 Å². The van der Waals surface area contributed by atoms with Gasteiger partial charge in [-0.15, -0.1) is 0 Å². The Morgan fingerprint density at radius 3 is 2.75 bits per heavy atom. The van der Waals surface area contributed by atoms with E-state index in [1.54, 1.807) is 6.20 Å². The van der Waals surface area contributed by atoms with Crippen LogP contribution >= 0.6 is 0 Å². The molecule has 0 bridgehead atoms. The van der Waals surface area contributed by atoms with Gasteiger partial charge in [0.1, 0.15) is 0 Å². The molecule has 0 aromatic carbocycles. The van der Waals surface area contributed by atoms with Crippen molar-refractivity contribution in [2.24, 2.45) is 0 Å². The van der Waals surface area contributed by atoms with Gasteiger partial charge < -0.3 is 15.1 Å². The zero-order valence-electron chi connectivity index (χ0n) is 15.1. The first-order valence-electron chi connectivity index (χ1n) is 9.30. The molecule has 1 aromatic heterocycles. The highest BCUT2D eigenvalue weighted by Crippen LogP contribution is 2.31. The number of amides is 2. The Bertz CT molecular complexity index is 522. The minimum atomic E-state index is 0.0939. The predicted molar refractivity (Wildman–Crippen MR) is 94.9 cm³/mol. The maximum absolute atomic E-state index is 12.8. The summed E-state index contributed by atoms with van der Waals surface area (Å²) in [4.78, 5) is 17.1. The van der Waals surface area contributed by atoms with Crippen LogP contribution in [0.4, 0.5) is 4.79 Å². The molecule has 0 spiro atoms. The summed E-state index contributed by atoms with van der Waals surface area (Å²) in [7, 11) is 4.29. The third-order valence-electron chi connectivity index (χ3n) is 5.90. The topological polar surface area (TPSA) is 53.4 Å². The summed E-state index contributed by atoms with van der Waals surface area (Å²) >= 11 is 0. The van der Waals surface area contributed by atoms with E-state index in [9.17, 15) is 4.79 Å². The number of likely N-dealkylation sites (tertiary alicyclic amines) is 1. The van der Waals surface area contributed by atoms with Gasteiger partial charge in [0.2, 0.25) is 0 Å². The molecule has 24 heavy (non-hydrogen) atoms. The SMILES string of the molecule is CN(C)C1(CNC(=O)N2CCC[C@@H]2Cn2cccn2)CCCCC1. The van der Waals surface area contributed by atoms with Crippen molar-refractivity contribution in [1.82, 2.24) is 24.9 Å². The van der Waals surface area contributed by atoms with E-state index in [2.05, 4.69) is 29.4 Å². The van der Waals surface area contributed by atoms with E-state index < -0.39 is 0 Å².